The number of ether oxygens (including phenoxy) is 6. The molecule has 0 bridgehead atoms. The average molecular weight is 593 g/mol. The van der Waals surface area contributed by atoms with Crippen molar-refractivity contribution < 1.29 is 63.9 Å². The number of hydrogen-bond acceptors (Lipinski definition) is 14. The van der Waals surface area contributed by atoms with Gasteiger partial charge in [-0.25, -0.2) is 0 Å². The van der Waals surface area contributed by atoms with Gasteiger partial charge in [0.25, 0.3) is 0 Å². The van der Waals surface area contributed by atoms with Crippen LogP contribution in [0.2, 0.25) is 0 Å². The van der Waals surface area contributed by atoms with Crippen molar-refractivity contribution in [1.29, 1.82) is 0 Å². The lowest BCUT2D eigenvalue weighted by molar-refractivity contribution is -0.351. The van der Waals surface area contributed by atoms with E-state index in [1.165, 1.54) is 11.8 Å². The molecule has 10 atom stereocenters. The van der Waals surface area contributed by atoms with Crippen molar-refractivity contribution in [2.75, 3.05) is 52.0 Å². The van der Waals surface area contributed by atoms with Crippen molar-refractivity contribution in [2.24, 2.45) is 5.92 Å². The number of carbonyl (C=O) groups is 1. The van der Waals surface area contributed by atoms with Crippen molar-refractivity contribution in [1.82, 2.24) is 0 Å². The van der Waals surface area contributed by atoms with E-state index < -0.39 is 74.4 Å². The van der Waals surface area contributed by atoms with Crippen molar-refractivity contribution in [3.8, 4) is 0 Å². The van der Waals surface area contributed by atoms with Crippen molar-refractivity contribution in [3.05, 3.63) is 35.9 Å². The second kappa shape index (κ2) is 17.0. The number of rotatable bonds is 15. The second-order valence-corrected chi connectivity index (χ2v) is 10.5. The van der Waals surface area contributed by atoms with E-state index in [1.807, 2.05) is 18.2 Å². The van der Waals surface area contributed by atoms with E-state index in [9.17, 15) is 35.4 Å². The predicted octanol–water partition coefficient (Wildman–Crippen LogP) is -1.49. The molecule has 3 rings (SSSR count). The molecule has 0 saturated carbocycles. The zero-order valence-corrected chi connectivity index (χ0v) is 23.1. The molecule has 0 amide bonds. The van der Waals surface area contributed by atoms with Crippen LogP contribution in [0, 0.1) is 5.92 Å². The molecule has 40 heavy (non-hydrogen) atoms. The van der Waals surface area contributed by atoms with Gasteiger partial charge < -0.3 is 59.1 Å². The summed E-state index contributed by atoms with van der Waals surface area (Å²) in [5.74, 6) is -0.0811. The van der Waals surface area contributed by atoms with E-state index in [0.717, 1.165) is 0 Å². The van der Waals surface area contributed by atoms with Gasteiger partial charge >= 0.3 is 0 Å². The minimum Gasteiger partial charge on any atom is -0.394 e. The monoisotopic (exact) mass is 592 g/mol. The van der Waals surface area contributed by atoms with Crippen LogP contribution in [0.15, 0.2) is 30.3 Å². The second-order valence-electron chi connectivity index (χ2n) is 9.47. The van der Waals surface area contributed by atoms with Crippen LogP contribution in [-0.4, -0.2) is 143 Å². The normalized spacial score (nSPS) is 34.6. The lowest BCUT2D eigenvalue weighted by Gasteiger charge is -2.46. The number of thioether (sulfide) groups is 1. The summed E-state index contributed by atoms with van der Waals surface area (Å²) in [6.45, 7) is 1.89. The summed E-state index contributed by atoms with van der Waals surface area (Å²) >= 11 is 1.19. The van der Waals surface area contributed by atoms with Crippen molar-refractivity contribution in [2.45, 2.75) is 62.2 Å². The summed E-state index contributed by atoms with van der Waals surface area (Å²) in [7, 11) is 0. The molecule has 0 aliphatic carbocycles. The first-order valence-electron chi connectivity index (χ1n) is 13.2. The maximum atomic E-state index is 12.0. The zero-order valence-electron chi connectivity index (χ0n) is 22.3. The van der Waals surface area contributed by atoms with Crippen LogP contribution in [-0.2, 0) is 28.4 Å². The Balaban J connectivity index is 1.35. The van der Waals surface area contributed by atoms with E-state index in [1.54, 1.807) is 19.1 Å². The molecular weight excluding hydrogens is 552 g/mol. The topological polar surface area (TPSA) is 194 Å². The Morgan fingerprint density at radius 2 is 1.40 bits per heavy atom. The largest absolute Gasteiger partial charge is 0.394 e. The molecular formula is C26H40O13S. The lowest BCUT2D eigenvalue weighted by atomic mass is 9.91. The van der Waals surface area contributed by atoms with E-state index in [0.29, 0.717) is 31.1 Å². The number of aliphatic hydroxyl groups excluding tert-OH is 6. The van der Waals surface area contributed by atoms with E-state index in [-0.39, 0.29) is 18.3 Å². The molecule has 1 aromatic rings. The third-order valence-corrected chi connectivity index (χ3v) is 7.51. The predicted molar refractivity (Wildman–Crippen MR) is 140 cm³/mol. The van der Waals surface area contributed by atoms with Gasteiger partial charge in [0, 0.05) is 17.2 Å². The van der Waals surface area contributed by atoms with Gasteiger partial charge in [-0.1, -0.05) is 49.0 Å². The fourth-order valence-corrected chi connectivity index (χ4v) is 5.02. The summed E-state index contributed by atoms with van der Waals surface area (Å²) in [5.41, 5.74) is 0.652. The van der Waals surface area contributed by atoms with Gasteiger partial charge in [0.05, 0.1) is 52.4 Å². The first-order chi connectivity index (χ1) is 19.3. The molecule has 0 spiro atoms. The molecule has 14 heteroatoms. The highest BCUT2D eigenvalue weighted by atomic mass is 32.2. The SMILES string of the molecule is CC1[C@H](OCCOCCOCCSC(=O)c2ccccc2)OC(CO)[C@H](O)[C@@H]1O[C@@H]1OC(CO)[C@H](O)[C@H](O)C1O. The maximum Gasteiger partial charge on any atom is 0.219 e. The molecule has 6 N–H and O–H groups in total. The number of carbonyl (C=O) groups excluding carboxylic acids is 1. The summed E-state index contributed by atoms with van der Waals surface area (Å²) < 4.78 is 33.6. The van der Waals surface area contributed by atoms with E-state index in [4.69, 9.17) is 28.4 Å². The van der Waals surface area contributed by atoms with Crippen LogP contribution in [0.3, 0.4) is 0 Å². The molecule has 4 unspecified atom stereocenters. The Bertz CT molecular complexity index is 862. The Labute approximate surface area is 236 Å². The highest BCUT2D eigenvalue weighted by Gasteiger charge is 2.49. The fraction of sp³-hybridized carbons (Fsp3) is 0.731. The molecule has 1 aromatic carbocycles. The van der Waals surface area contributed by atoms with E-state index >= 15 is 0 Å². The van der Waals surface area contributed by atoms with Crippen LogP contribution in [0.4, 0.5) is 0 Å². The summed E-state index contributed by atoms with van der Waals surface area (Å²) in [5, 5.41) is 60.0. The molecule has 2 saturated heterocycles. The molecule has 2 fully saturated rings. The van der Waals surface area contributed by atoms with Crippen molar-refractivity contribution >= 4 is 16.9 Å². The van der Waals surface area contributed by atoms with Gasteiger partial charge in [-0.3, -0.25) is 4.79 Å². The van der Waals surface area contributed by atoms with Crippen LogP contribution in [0.5, 0.6) is 0 Å². The Hall–Kier alpha value is -1.24. The minimum absolute atomic E-state index is 0.00598. The third kappa shape index (κ3) is 9.13. The molecule has 2 aliphatic heterocycles. The molecule has 2 aliphatic rings. The number of benzene rings is 1. The van der Waals surface area contributed by atoms with Gasteiger partial charge in [-0.2, -0.15) is 0 Å². The lowest BCUT2D eigenvalue weighted by Crippen LogP contribution is -2.63. The summed E-state index contributed by atoms with van der Waals surface area (Å²) in [6.07, 6.45) is -11.8. The van der Waals surface area contributed by atoms with Gasteiger partial charge in [-0.05, 0) is 0 Å². The first kappa shape index (κ1) is 33.3. The van der Waals surface area contributed by atoms with Gasteiger partial charge in [0.15, 0.2) is 12.6 Å². The van der Waals surface area contributed by atoms with Crippen molar-refractivity contribution in [3.63, 3.8) is 0 Å². The van der Waals surface area contributed by atoms with Crippen LogP contribution < -0.4 is 0 Å². The fourth-order valence-electron chi connectivity index (χ4n) is 4.33. The Morgan fingerprint density at radius 3 is 2.08 bits per heavy atom. The average Bonchev–Trinajstić information content (AvgIpc) is 2.97. The highest BCUT2D eigenvalue weighted by molar-refractivity contribution is 8.14. The maximum absolute atomic E-state index is 12.0. The smallest absolute Gasteiger partial charge is 0.219 e. The summed E-state index contributed by atoms with van der Waals surface area (Å²) in [6, 6.07) is 9.03. The molecule has 13 nitrogen and oxygen atoms in total. The first-order valence-corrected chi connectivity index (χ1v) is 14.2. The van der Waals surface area contributed by atoms with E-state index in [2.05, 4.69) is 0 Å². The van der Waals surface area contributed by atoms with Gasteiger partial charge in [0.2, 0.25) is 5.12 Å². The van der Waals surface area contributed by atoms with Crippen LogP contribution in [0.25, 0.3) is 0 Å². The quantitative estimate of drug-likeness (QED) is 0.129. The number of hydrogen-bond donors (Lipinski definition) is 6. The third-order valence-electron chi connectivity index (χ3n) is 6.65. The van der Waals surface area contributed by atoms with Gasteiger partial charge in [-0.15, -0.1) is 0 Å². The molecule has 0 radical (unpaired) electrons. The van der Waals surface area contributed by atoms with Gasteiger partial charge in [0.1, 0.15) is 36.6 Å². The summed E-state index contributed by atoms with van der Waals surface area (Å²) in [4.78, 5) is 12.0. The Morgan fingerprint density at radius 1 is 0.800 bits per heavy atom. The van der Waals surface area contributed by atoms with Crippen LogP contribution >= 0.6 is 11.8 Å². The molecule has 228 valence electrons. The zero-order chi connectivity index (χ0) is 29.1. The Kier molecular flexibility index (Phi) is 14.2. The molecule has 0 aromatic heterocycles. The standard InChI is InChI=1S/C26H40O13S/c1-15-23(39-26-22(32)21(31)19(29)17(13-27)38-26)20(30)18(14-28)37-25(15)36-10-9-34-7-8-35-11-12-40-24(33)16-5-3-2-4-6-16/h2-6,15,17-23,25-32H,7-14H2,1H3/t15?,17?,18?,19-,20-,21-,22?,23+,25+,26-/m0/s1. The number of aliphatic hydroxyl groups is 6. The molecule has 2 heterocycles. The highest BCUT2D eigenvalue weighted by Crippen LogP contribution is 2.32. The van der Waals surface area contributed by atoms with Crippen LogP contribution in [0.1, 0.15) is 17.3 Å². The minimum atomic E-state index is -1.65.